The minimum atomic E-state index is -0.689. The van der Waals surface area contributed by atoms with Crippen LogP contribution in [0, 0.1) is 10.1 Å². The van der Waals surface area contributed by atoms with Gasteiger partial charge in [-0.05, 0) is 6.07 Å². The minimum Gasteiger partial charge on any atom is -0.464 e. The van der Waals surface area contributed by atoms with Crippen LogP contribution in [0.4, 0.5) is 5.69 Å². The summed E-state index contributed by atoms with van der Waals surface area (Å²) in [6.45, 7) is 0. The number of rotatable bonds is 3. The average molecular weight is 249 g/mol. The molecular formula is C9H7N5O4. The highest BCUT2D eigenvalue weighted by Crippen LogP contribution is 2.20. The largest absolute Gasteiger partial charge is 0.464 e. The van der Waals surface area contributed by atoms with Crippen molar-refractivity contribution in [1.82, 2.24) is 19.7 Å². The Labute approximate surface area is 100 Å². The molecule has 0 spiro atoms. The Bertz CT molecular complexity index is 595. The van der Waals surface area contributed by atoms with Gasteiger partial charge in [-0.2, -0.15) is 9.78 Å². The van der Waals surface area contributed by atoms with Crippen molar-refractivity contribution in [3.63, 3.8) is 0 Å². The van der Waals surface area contributed by atoms with E-state index in [0.29, 0.717) is 0 Å². The smallest absolute Gasteiger partial charge is 0.356 e. The van der Waals surface area contributed by atoms with Gasteiger partial charge in [-0.1, -0.05) is 0 Å². The van der Waals surface area contributed by atoms with Crippen molar-refractivity contribution in [2.75, 3.05) is 7.11 Å². The molecule has 0 saturated heterocycles. The Morgan fingerprint density at radius 2 is 2.28 bits per heavy atom. The van der Waals surface area contributed by atoms with Crippen LogP contribution < -0.4 is 0 Å². The van der Waals surface area contributed by atoms with E-state index in [-0.39, 0.29) is 17.2 Å². The lowest BCUT2D eigenvalue weighted by Crippen LogP contribution is -2.10. The predicted octanol–water partition coefficient (Wildman–Crippen LogP) is 0.357. The van der Waals surface area contributed by atoms with Crippen molar-refractivity contribution in [2.24, 2.45) is 0 Å². The van der Waals surface area contributed by atoms with E-state index in [2.05, 4.69) is 19.8 Å². The maximum Gasteiger partial charge on any atom is 0.356 e. The summed E-state index contributed by atoms with van der Waals surface area (Å²) < 4.78 is 5.59. The Morgan fingerprint density at radius 3 is 2.83 bits per heavy atom. The molecule has 2 rings (SSSR count). The summed E-state index contributed by atoms with van der Waals surface area (Å²) in [6, 6.07) is 2.38. The van der Waals surface area contributed by atoms with Crippen LogP contribution in [-0.4, -0.2) is 37.8 Å². The third kappa shape index (κ3) is 2.00. The van der Waals surface area contributed by atoms with E-state index in [1.807, 2.05) is 0 Å². The molecular weight excluding hydrogens is 242 g/mol. The Hall–Kier alpha value is -2.84. The number of esters is 1. The van der Waals surface area contributed by atoms with Crippen LogP contribution in [0.2, 0.25) is 0 Å². The first-order chi connectivity index (χ1) is 8.63. The number of carbonyl (C=O) groups excluding carboxylic acids is 1. The number of nitro groups is 1. The fraction of sp³-hybridized carbons (Fsp3) is 0.111. The molecule has 0 atom stereocenters. The summed E-state index contributed by atoms with van der Waals surface area (Å²) in [5.74, 6) is -0.785. The van der Waals surface area contributed by atoms with Gasteiger partial charge in [-0.25, -0.2) is 14.8 Å². The highest BCUT2D eigenvalue weighted by Gasteiger charge is 2.20. The SMILES string of the molecule is COC(=O)c1ccc([N+](=O)[O-])c(-n2cncn2)n1. The van der Waals surface area contributed by atoms with Crippen molar-refractivity contribution >= 4 is 11.7 Å². The Morgan fingerprint density at radius 1 is 1.50 bits per heavy atom. The zero-order valence-corrected chi connectivity index (χ0v) is 9.18. The number of pyridine rings is 1. The van der Waals surface area contributed by atoms with Gasteiger partial charge in [0.2, 0.25) is 5.82 Å². The lowest BCUT2D eigenvalue weighted by atomic mass is 10.3. The molecule has 2 aromatic heterocycles. The number of hydrogen-bond donors (Lipinski definition) is 0. The van der Waals surface area contributed by atoms with E-state index in [1.54, 1.807) is 0 Å². The van der Waals surface area contributed by atoms with Crippen molar-refractivity contribution in [3.8, 4) is 5.82 Å². The maximum absolute atomic E-state index is 11.3. The van der Waals surface area contributed by atoms with Crippen LogP contribution >= 0.6 is 0 Å². The zero-order valence-electron chi connectivity index (χ0n) is 9.18. The van der Waals surface area contributed by atoms with E-state index in [9.17, 15) is 14.9 Å². The number of ether oxygens (including phenoxy) is 1. The van der Waals surface area contributed by atoms with E-state index in [4.69, 9.17) is 0 Å². The highest BCUT2D eigenvalue weighted by molar-refractivity contribution is 5.87. The topological polar surface area (TPSA) is 113 Å². The van der Waals surface area contributed by atoms with Gasteiger partial charge in [0, 0.05) is 6.07 Å². The number of hydrogen-bond acceptors (Lipinski definition) is 7. The molecule has 0 saturated carbocycles. The molecule has 0 N–H and O–H groups in total. The van der Waals surface area contributed by atoms with E-state index >= 15 is 0 Å². The second-order valence-electron chi connectivity index (χ2n) is 3.13. The number of aromatic nitrogens is 4. The average Bonchev–Trinajstić information content (AvgIpc) is 2.90. The molecule has 0 aliphatic heterocycles. The lowest BCUT2D eigenvalue weighted by molar-refractivity contribution is -0.384. The van der Waals surface area contributed by atoms with Gasteiger partial charge >= 0.3 is 11.7 Å². The van der Waals surface area contributed by atoms with Gasteiger partial charge in [0.25, 0.3) is 0 Å². The summed E-state index contributed by atoms with van der Waals surface area (Å²) in [5, 5.41) is 14.6. The first-order valence-electron chi connectivity index (χ1n) is 4.72. The second-order valence-corrected chi connectivity index (χ2v) is 3.13. The van der Waals surface area contributed by atoms with Crippen molar-refractivity contribution in [2.45, 2.75) is 0 Å². The van der Waals surface area contributed by atoms with Crippen LogP contribution in [0.1, 0.15) is 10.5 Å². The van der Waals surface area contributed by atoms with E-state index < -0.39 is 10.9 Å². The molecule has 0 radical (unpaired) electrons. The number of carbonyl (C=O) groups is 1. The maximum atomic E-state index is 11.3. The zero-order chi connectivity index (χ0) is 13.1. The van der Waals surface area contributed by atoms with Crippen LogP contribution in [-0.2, 0) is 4.74 Å². The molecule has 2 aromatic rings. The molecule has 92 valence electrons. The summed E-state index contributed by atoms with van der Waals surface area (Å²) in [5.41, 5.74) is -0.332. The first-order valence-corrected chi connectivity index (χ1v) is 4.72. The minimum absolute atomic E-state index is 0.0476. The van der Waals surface area contributed by atoms with Gasteiger partial charge in [-0.3, -0.25) is 10.1 Å². The van der Waals surface area contributed by atoms with Gasteiger partial charge < -0.3 is 4.74 Å². The summed E-state index contributed by atoms with van der Waals surface area (Å²) in [7, 11) is 1.20. The second kappa shape index (κ2) is 4.57. The fourth-order valence-electron chi connectivity index (χ4n) is 1.29. The lowest BCUT2D eigenvalue weighted by Gasteiger charge is -2.03. The molecule has 18 heavy (non-hydrogen) atoms. The molecule has 0 aromatic carbocycles. The molecule has 0 amide bonds. The molecule has 0 fully saturated rings. The normalized spacial score (nSPS) is 10.1. The Balaban J connectivity index is 2.59. The van der Waals surface area contributed by atoms with Crippen LogP contribution in [0.5, 0.6) is 0 Å². The monoisotopic (exact) mass is 249 g/mol. The molecule has 0 unspecified atom stereocenters. The molecule has 0 aliphatic carbocycles. The molecule has 0 bridgehead atoms. The van der Waals surface area contributed by atoms with Gasteiger partial charge in [0.05, 0.1) is 12.0 Å². The molecule has 9 nitrogen and oxygen atoms in total. The third-order valence-corrected chi connectivity index (χ3v) is 2.08. The van der Waals surface area contributed by atoms with Gasteiger partial charge in [0.15, 0.2) is 5.69 Å². The molecule has 9 heteroatoms. The number of nitrogens with zero attached hydrogens (tertiary/aromatic N) is 5. The van der Waals surface area contributed by atoms with Gasteiger partial charge in [0.1, 0.15) is 12.7 Å². The van der Waals surface area contributed by atoms with E-state index in [0.717, 1.165) is 10.7 Å². The van der Waals surface area contributed by atoms with Crippen LogP contribution in [0.15, 0.2) is 24.8 Å². The number of methoxy groups -OCH3 is 1. The van der Waals surface area contributed by atoms with Gasteiger partial charge in [-0.15, -0.1) is 0 Å². The summed E-state index contributed by atoms with van der Waals surface area (Å²) >= 11 is 0. The predicted molar refractivity (Wildman–Crippen MR) is 57.1 cm³/mol. The summed E-state index contributed by atoms with van der Waals surface area (Å²) in [4.78, 5) is 29.1. The quantitative estimate of drug-likeness (QED) is 0.438. The molecule has 0 aliphatic rings. The third-order valence-electron chi connectivity index (χ3n) is 2.08. The van der Waals surface area contributed by atoms with Crippen molar-refractivity contribution < 1.29 is 14.5 Å². The Kier molecular flexibility index (Phi) is 2.96. The standard InChI is InChI=1S/C9H7N5O4/c1-18-9(15)6-2-3-7(14(16)17)8(12-6)13-5-10-4-11-13/h2-5H,1H3. The molecule has 2 heterocycles. The van der Waals surface area contributed by atoms with Crippen molar-refractivity contribution in [3.05, 3.63) is 40.6 Å². The highest BCUT2D eigenvalue weighted by atomic mass is 16.6. The van der Waals surface area contributed by atoms with E-state index in [1.165, 1.54) is 25.8 Å². The van der Waals surface area contributed by atoms with Crippen LogP contribution in [0.25, 0.3) is 5.82 Å². The summed E-state index contributed by atoms with van der Waals surface area (Å²) in [6.07, 6.45) is 2.45. The fourth-order valence-corrected chi connectivity index (χ4v) is 1.29. The van der Waals surface area contributed by atoms with Crippen LogP contribution in [0.3, 0.4) is 0 Å². The first kappa shape index (κ1) is 11.6. The van der Waals surface area contributed by atoms with Crippen molar-refractivity contribution in [1.29, 1.82) is 0 Å².